The van der Waals surface area contributed by atoms with Crippen molar-refractivity contribution in [3.8, 4) is 0 Å². The molecule has 0 aliphatic rings. The van der Waals surface area contributed by atoms with Crippen molar-refractivity contribution < 1.29 is 4.79 Å². The van der Waals surface area contributed by atoms with Crippen LogP contribution in [0.1, 0.15) is 39.2 Å². The molecule has 0 aromatic heterocycles. The van der Waals surface area contributed by atoms with Crippen LogP contribution in [-0.4, -0.2) is 6.29 Å². The van der Waals surface area contributed by atoms with Crippen molar-refractivity contribution in [1.82, 2.24) is 0 Å². The Morgan fingerprint density at radius 2 is 1.94 bits per heavy atom. The summed E-state index contributed by atoms with van der Waals surface area (Å²) < 4.78 is 0. The number of hydrogen-bond donors (Lipinski definition) is 0. The first kappa shape index (κ1) is 14.5. The van der Waals surface area contributed by atoms with E-state index < -0.39 is 0 Å². The highest BCUT2D eigenvalue weighted by molar-refractivity contribution is 6.42. The van der Waals surface area contributed by atoms with Crippen LogP contribution >= 0.6 is 23.2 Å². The van der Waals surface area contributed by atoms with Crippen LogP contribution in [0, 0.1) is 5.92 Å². The average molecular weight is 273 g/mol. The van der Waals surface area contributed by atoms with Gasteiger partial charge in [-0.15, -0.1) is 0 Å². The molecule has 94 valence electrons. The summed E-state index contributed by atoms with van der Waals surface area (Å²) in [4.78, 5) is 10.6. The molecule has 1 aromatic carbocycles. The van der Waals surface area contributed by atoms with E-state index in [4.69, 9.17) is 23.2 Å². The molecule has 3 heteroatoms. The standard InChI is InChI=1S/C14H18Cl2O/c1-10(2)14(3,7-4-8-17)11-5-6-12(15)13(16)9-11/h5-6,8-10H,4,7H2,1-3H3. The Balaban J connectivity index is 3.12. The smallest absolute Gasteiger partial charge is 0.120 e. The topological polar surface area (TPSA) is 17.1 Å². The zero-order chi connectivity index (χ0) is 13.1. The van der Waals surface area contributed by atoms with Crippen LogP contribution in [0.5, 0.6) is 0 Å². The minimum Gasteiger partial charge on any atom is -0.303 e. The van der Waals surface area contributed by atoms with Crippen molar-refractivity contribution in [3.05, 3.63) is 33.8 Å². The highest BCUT2D eigenvalue weighted by Crippen LogP contribution is 2.38. The first-order chi connectivity index (χ1) is 7.91. The van der Waals surface area contributed by atoms with Crippen molar-refractivity contribution in [1.29, 1.82) is 0 Å². The number of benzene rings is 1. The summed E-state index contributed by atoms with van der Waals surface area (Å²) in [6.45, 7) is 6.49. The van der Waals surface area contributed by atoms with Crippen LogP contribution < -0.4 is 0 Å². The molecule has 0 saturated carbocycles. The molecule has 0 spiro atoms. The van der Waals surface area contributed by atoms with Crippen LogP contribution in [0.3, 0.4) is 0 Å². The van der Waals surface area contributed by atoms with Gasteiger partial charge in [0, 0.05) is 6.42 Å². The van der Waals surface area contributed by atoms with Gasteiger partial charge in [-0.2, -0.15) is 0 Å². The van der Waals surface area contributed by atoms with Crippen LogP contribution in [0.4, 0.5) is 0 Å². The predicted molar refractivity (Wildman–Crippen MR) is 74.0 cm³/mol. The molecule has 17 heavy (non-hydrogen) atoms. The van der Waals surface area contributed by atoms with Gasteiger partial charge < -0.3 is 4.79 Å². The minimum absolute atomic E-state index is 0.0465. The van der Waals surface area contributed by atoms with Gasteiger partial charge in [0.2, 0.25) is 0 Å². The number of hydrogen-bond acceptors (Lipinski definition) is 1. The SMILES string of the molecule is CC(C)C(C)(CCC=O)c1ccc(Cl)c(Cl)c1. The molecule has 0 radical (unpaired) electrons. The van der Waals surface area contributed by atoms with Crippen molar-refractivity contribution in [2.75, 3.05) is 0 Å². The highest BCUT2D eigenvalue weighted by atomic mass is 35.5. The Morgan fingerprint density at radius 1 is 1.29 bits per heavy atom. The summed E-state index contributed by atoms with van der Waals surface area (Å²) in [5, 5.41) is 1.14. The van der Waals surface area contributed by atoms with Gasteiger partial charge in [-0.25, -0.2) is 0 Å². The van der Waals surface area contributed by atoms with Crippen molar-refractivity contribution in [2.24, 2.45) is 5.92 Å². The van der Waals surface area contributed by atoms with Crippen LogP contribution in [0.15, 0.2) is 18.2 Å². The molecule has 1 aromatic rings. The molecule has 0 aliphatic heterocycles. The van der Waals surface area contributed by atoms with E-state index in [1.165, 1.54) is 0 Å². The molecule has 0 aliphatic carbocycles. The van der Waals surface area contributed by atoms with Crippen LogP contribution in [0.25, 0.3) is 0 Å². The second kappa shape index (κ2) is 5.88. The predicted octanol–water partition coefficient (Wildman–Crippen LogP) is 4.89. The van der Waals surface area contributed by atoms with Gasteiger partial charge in [-0.3, -0.25) is 0 Å². The van der Waals surface area contributed by atoms with Crippen molar-refractivity contribution >= 4 is 29.5 Å². The second-order valence-electron chi connectivity index (χ2n) is 4.91. The second-order valence-corrected chi connectivity index (χ2v) is 5.72. The molecular weight excluding hydrogens is 255 g/mol. The largest absolute Gasteiger partial charge is 0.303 e. The summed E-state index contributed by atoms with van der Waals surface area (Å²) in [6, 6.07) is 5.73. The fraction of sp³-hybridized carbons (Fsp3) is 0.500. The first-order valence-corrected chi connectivity index (χ1v) is 6.56. The van der Waals surface area contributed by atoms with E-state index in [2.05, 4.69) is 20.8 Å². The Kier molecular flexibility index (Phi) is 5.03. The van der Waals surface area contributed by atoms with E-state index in [1.54, 1.807) is 0 Å². The third kappa shape index (κ3) is 3.23. The lowest BCUT2D eigenvalue weighted by atomic mass is 9.70. The molecule has 1 rings (SSSR count). The Morgan fingerprint density at radius 3 is 2.41 bits per heavy atom. The number of carbonyl (C=O) groups excluding carboxylic acids is 1. The van der Waals surface area contributed by atoms with Gasteiger partial charge >= 0.3 is 0 Å². The molecule has 1 atom stereocenters. The fourth-order valence-corrected chi connectivity index (χ4v) is 2.27. The molecule has 1 unspecified atom stereocenters. The van der Waals surface area contributed by atoms with Gasteiger partial charge in [0.15, 0.2) is 0 Å². The summed E-state index contributed by atoms with van der Waals surface area (Å²) in [5.74, 6) is 0.430. The van der Waals surface area contributed by atoms with Gasteiger partial charge in [0.1, 0.15) is 6.29 Å². The summed E-state index contributed by atoms with van der Waals surface area (Å²) >= 11 is 12.0. The number of carbonyl (C=O) groups is 1. The van der Waals surface area contributed by atoms with Gasteiger partial charge in [0.25, 0.3) is 0 Å². The van der Waals surface area contributed by atoms with Crippen molar-refractivity contribution in [2.45, 2.75) is 39.0 Å². The Labute approximate surface area is 113 Å². The Hall–Kier alpha value is -0.530. The zero-order valence-electron chi connectivity index (χ0n) is 10.5. The molecule has 0 N–H and O–H groups in total. The number of aldehydes is 1. The summed E-state index contributed by atoms with van der Waals surface area (Å²) in [5.41, 5.74) is 1.10. The highest BCUT2D eigenvalue weighted by Gasteiger charge is 2.30. The minimum atomic E-state index is -0.0465. The zero-order valence-corrected chi connectivity index (χ0v) is 12.0. The monoisotopic (exact) mass is 272 g/mol. The molecule has 0 saturated heterocycles. The normalized spacial score (nSPS) is 14.7. The van der Waals surface area contributed by atoms with E-state index in [0.717, 1.165) is 18.3 Å². The van der Waals surface area contributed by atoms with Gasteiger partial charge in [-0.05, 0) is 35.4 Å². The molecule has 0 bridgehead atoms. The van der Waals surface area contributed by atoms with Crippen LogP contribution in [-0.2, 0) is 10.2 Å². The summed E-state index contributed by atoms with van der Waals surface area (Å²) in [6.07, 6.45) is 2.36. The molecular formula is C14H18Cl2O. The Bertz CT molecular complexity index is 401. The molecule has 0 amide bonds. The van der Waals surface area contributed by atoms with E-state index in [1.807, 2.05) is 18.2 Å². The molecule has 0 heterocycles. The van der Waals surface area contributed by atoms with Crippen LogP contribution in [0.2, 0.25) is 10.0 Å². The molecule has 1 nitrogen and oxygen atoms in total. The van der Waals surface area contributed by atoms with Gasteiger partial charge in [-0.1, -0.05) is 50.0 Å². The maximum absolute atomic E-state index is 10.6. The van der Waals surface area contributed by atoms with E-state index >= 15 is 0 Å². The maximum Gasteiger partial charge on any atom is 0.120 e. The third-order valence-corrected chi connectivity index (χ3v) is 4.37. The third-order valence-electron chi connectivity index (χ3n) is 3.63. The lowest BCUT2D eigenvalue weighted by Crippen LogP contribution is -2.28. The number of halogens is 2. The maximum atomic E-state index is 10.6. The lowest BCUT2D eigenvalue weighted by molar-refractivity contribution is -0.108. The molecule has 0 fully saturated rings. The first-order valence-electron chi connectivity index (χ1n) is 5.81. The van der Waals surface area contributed by atoms with Gasteiger partial charge in [0.05, 0.1) is 10.0 Å². The van der Waals surface area contributed by atoms with Crippen molar-refractivity contribution in [3.63, 3.8) is 0 Å². The number of rotatable bonds is 5. The van der Waals surface area contributed by atoms with E-state index in [0.29, 0.717) is 22.4 Å². The van der Waals surface area contributed by atoms with E-state index in [-0.39, 0.29) is 5.41 Å². The average Bonchev–Trinajstić information content (AvgIpc) is 2.29. The fourth-order valence-electron chi connectivity index (χ4n) is 1.98. The quantitative estimate of drug-likeness (QED) is 0.698. The summed E-state index contributed by atoms with van der Waals surface area (Å²) in [7, 11) is 0. The lowest BCUT2D eigenvalue weighted by Gasteiger charge is -2.34. The van der Waals surface area contributed by atoms with E-state index in [9.17, 15) is 4.79 Å².